The first-order valence-corrected chi connectivity index (χ1v) is 26.7. The molecule has 8 rings (SSSR count). The number of hydrogen-bond acceptors (Lipinski definition) is 16. The Kier molecular flexibility index (Phi) is 20.6. The number of rotatable bonds is 25. The Morgan fingerprint density at radius 1 is 0.654 bits per heavy atom. The SMILES string of the molecule is COc1cccc(OC)c1-c1cc(C(=O)NC2(C(=O)O)C3CC4CC(C3)CC2C4)nn1-c1ccc(NC(=O)COCCOCCNC(=O)CN2CCN(CC(=O)O)CCN(CC(=O)O)CCN(CC(=O)O)CC2)cc1C(C)C. The van der Waals surface area contributed by atoms with E-state index < -0.39 is 41.2 Å². The van der Waals surface area contributed by atoms with Crippen molar-refractivity contribution in [2.24, 2.45) is 23.7 Å². The third-order valence-corrected chi connectivity index (χ3v) is 15.4. The van der Waals surface area contributed by atoms with Gasteiger partial charge in [-0.1, -0.05) is 19.9 Å². The van der Waals surface area contributed by atoms with E-state index >= 15 is 0 Å². The van der Waals surface area contributed by atoms with Gasteiger partial charge >= 0.3 is 23.9 Å². The number of carbonyl (C=O) groups excluding carboxylic acids is 3. The molecule has 2 heterocycles. The highest BCUT2D eigenvalue weighted by Crippen LogP contribution is 2.58. The first-order chi connectivity index (χ1) is 37.4. The van der Waals surface area contributed by atoms with Gasteiger partial charge in [0.05, 0.1) is 77.2 Å². The Morgan fingerprint density at radius 2 is 1.17 bits per heavy atom. The van der Waals surface area contributed by atoms with Gasteiger partial charge < -0.3 is 55.3 Å². The number of carboxylic acid groups (broad SMARTS) is 4. The average Bonchev–Trinajstić information content (AvgIpc) is 3.98. The molecule has 78 heavy (non-hydrogen) atoms. The van der Waals surface area contributed by atoms with Crippen molar-refractivity contribution in [3.63, 3.8) is 0 Å². The van der Waals surface area contributed by atoms with E-state index in [-0.39, 0.29) is 128 Å². The van der Waals surface area contributed by atoms with E-state index in [1.807, 2.05) is 24.8 Å². The smallest absolute Gasteiger partial charge is 0.330 e. The van der Waals surface area contributed by atoms with Gasteiger partial charge in [0.1, 0.15) is 23.6 Å². The topological polar surface area (TPSA) is 304 Å². The first-order valence-electron chi connectivity index (χ1n) is 26.7. The monoisotopic (exact) mass is 1090 g/mol. The largest absolute Gasteiger partial charge is 0.496 e. The summed E-state index contributed by atoms with van der Waals surface area (Å²) in [4.78, 5) is 95.4. The van der Waals surface area contributed by atoms with Gasteiger partial charge in [-0.05, 0) is 104 Å². The van der Waals surface area contributed by atoms with Crippen LogP contribution in [0.3, 0.4) is 0 Å². The van der Waals surface area contributed by atoms with E-state index in [0.29, 0.717) is 59.1 Å². The Morgan fingerprint density at radius 3 is 1.65 bits per heavy atom. The van der Waals surface area contributed by atoms with Crippen LogP contribution in [0.5, 0.6) is 11.5 Å². The summed E-state index contributed by atoms with van der Waals surface area (Å²) >= 11 is 0. The predicted octanol–water partition coefficient (Wildman–Crippen LogP) is 2.25. The predicted molar refractivity (Wildman–Crippen MR) is 283 cm³/mol. The molecule has 0 radical (unpaired) electrons. The Bertz CT molecular complexity index is 2540. The molecule has 5 fully saturated rings. The van der Waals surface area contributed by atoms with Crippen molar-refractivity contribution in [1.29, 1.82) is 0 Å². The van der Waals surface area contributed by atoms with Crippen LogP contribution < -0.4 is 25.4 Å². The fourth-order valence-corrected chi connectivity index (χ4v) is 11.9. The van der Waals surface area contributed by atoms with Crippen molar-refractivity contribution in [2.75, 3.05) is 131 Å². The molecule has 24 nitrogen and oxygen atoms in total. The normalized spacial score (nSPS) is 22.3. The lowest BCUT2D eigenvalue weighted by atomic mass is 9.48. The Labute approximate surface area is 453 Å². The standard InChI is InChI=1S/C54H75N9O15/c1-34(2)40-27-39(56-47(65)33-78-21-20-77-19-10-55-46(64)29-59-11-13-60(30-48(66)67)15-17-62(32-50(70)71)18-16-61(14-12-59)31-49(68)69)8-9-42(40)63-43(51-44(75-3)6-5-7-45(51)76-4)28-41(58-63)52(72)57-54(53(73)74)37-23-35-22-36(25-37)26-38(54)24-35/h5-9,27-28,34-38H,10-26,29-33H2,1-4H3,(H,55,64)(H,56,65)(H,57,72)(H,66,67)(H,68,69)(H,70,71)(H,73,74). The van der Waals surface area contributed by atoms with Crippen LogP contribution in [-0.4, -0.2) is 223 Å². The molecule has 24 heteroatoms. The van der Waals surface area contributed by atoms with Gasteiger partial charge in [-0.2, -0.15) is 5.10 Å². The van der Waals surface area contributed by atoms with Gasteiger partial charge in [-0.25, -0.2) is 9.48 Å². The van der Waals surface area contributed by atoms with E-state index in [9.17, 15) is 54.0 Å². The highest BCUT2D eigenvalue weighted by molar-refractivity contribution is 5.98. The number of hydrogen-bond donors (Lipinski definition) is 7. The van der Waals surface area contributed by atoms with E-state index in [0.717, 1.165) is 37.7 Å². The molecule has 4 saturated carbocycles. The van der Waals surface area contributed by atoms with Crippen molar-refractivity contribution >= 4 is 47.3 Å². The third-order valence-electron chi connectivity index (χ3n) is 15.4. The second-order valence-electron chi connectivity index (χ2n) is 21.1. The van der Waals surface area contributed by atoms with Crippen LogP contribution in [0.2, 0.25) is 0 Å². The lowest BCUT2D eigenvalue weighted by Gasteiger charge is -2.59. The Hall–Kier alpha value is -6.70. The summed E-state index contributed by atoms with van der Waals surface area (Å²) in [5, 5.41) is 52.8. The van der Waals surface area contributed by atoms with Gasteiger partial charge in [0.25, 0.3) is 5.91 Å². The maximum absolute atomic E-state index is 14.4. The minimum absolute atomic E-state index is 0.0275. The number of carboxylic acids is 4. The molecular formula is C54H75N9O15. The molecule has 426 valence electrons. The maximum atomic E-state index is 14.4. The van der Waals surface area contributed by atoms with Crippen molar-refractivity contribution in [1.82, 2.24) is 40.0 Å². The fraction of sp³-hybridized carbons (Fsp3) is 0.593. The number of carbonyl (C=O) groups is 7. The number of nitrogens with zero attached hydrogens (tertiary/aromatic N) is 6. The van der Waals surface area contributed by atoms with E-state index in [2.05, 4.69) is 16.0 Å². The molecule has 0 atom stereocenters. The molecule has 3 amide bonds. The summed E-state index contributed by atoms with van der Waals surface area (Å²) in [6.07, 6.45) is 4.22. The molecule has 1 aromatic heterocycles. The van der Waals surface area contributed by atoms with E-state index in [1.54, 1.807) is 55.8 Å². The molecule has 7 N–H and O–H groups in total. The minimum atomic E-state index is -1.39. The lowest BCUT2D eigenvalue weighted by Crippen LogP contribution is -2.70. The van der Waals surface area contributed by atoms with Crippen molar-refractivity contribution in [3.8, 4) is 28.4 Å². The number of aromatic nitrogens is 2. The average molecular weight is 1090 g/mol. The quantitative estimate of drug-likeness (QED) is 0.0599. The van der Waals surface area contributed by atoms with Crippen LogP contribution in [0.25, 0.3) is 16.9 Å². The highest BCUT2D eigenvalue weighted by atomic mass is 16.5. The molecule has 1 saturated heterocycles. The number of benzene rings is 2. The molecule has 0 spiro atoms. The lowest BCUT2D eigenvalue weighted by molar-refractivity contribution is -0.163. The molecule has 4 bridgehead atoms. The van der Waals surface area contributed by atoms with Crippen molar-refractivity contribution < 1.29 is 72.9 Å². The Balaban J connectivity index is 0.923. The summed E-state index contributed by atoms with van der Waals surface area (Å²) in [7, 11) is 3.07. The molecule has 3 aromatic rings. The number of anilines is 1. The van der Waals surface area contributed by atoms with Crippen LogP contribution in [0, 0.1) is 23.7 Å². The van der Waals surface area contributed by atoms with E-state index in [1.165, 1.54) is 14.2 Å². The number of aliphatic carboxylic acids is 4. The van der Waals surface area contributed by atoms with E-state index in [4.69, 9.17) is 24.0 Å². The second-order valence-corrected chi connectivity index (χ2v) is 21.1. The molecule has 5 aliphatic rings. The molecule has 2 aromatic carbocycles. The first kappa shape index (κ1) is 59.0. The van der Waals surface area contributed by atoms with Crippen LogP contribution in [-0.2, 0) is 38.2 Å². The van der Waals surface area contributed by atoms with Gasteiger partial charge in [0.2, 0.25) is 11.8 Å². The van der Waals surface area contributed by atoms with Crippen molar-refractivity contribution in [2.45, 2.75) is 57.4 Å². The summed E-state index contributed by atoms with van der Waals surface area (Å²) < 4.78 is 24.5. The third kappa shape index (κ3) is 15.1. The van der Waals surface area contributed by atoms with Gasteiger partial charge in [0.15, 0.2) is 5.69 Å². The number of ether oxygens (including phenoxy) is 4. The number of methoxy groups -OCH3 is 2. The van der Waals surface area contributed by atoms with Crippen LogP contribution in [0.4, 0.5) is 5.69 Å². The highest BCUT2D eigenvalue weighted by Gasteiger charge is 2.62. The fourth-order valence-electron chi connectivity index (χ4n) is 11.9. The second kappa shape index (κ2) is 27.3. The van der Waals surface area contributed by atoms with Gasteiger partial charge in [-0.15, -0.1) is 0 Å². The van der Waals surface area contributed by atoms with Crippen molar-refractivity contribution in [3.05, 3.63) is 53.7 Å². The van der Waals surface area contributed by atoms with Crippen LogP contribution in [0.1, 0.15) is 67.9 Å². The molecule has 4 aliphatic carbocycles. The molecular weight excluding hydrogens is 1010 g/mol. The van der Waals surface area contributed by atoms with Crippen LogP contribution >= 0.6 is 0 Å². The zero-order chi connectivity index (χ0) is 56.1. The number of amides is 3. The van der Waals surface area contributed by atoms with Crippen LogP contribution in [0.15, 0.2) is 42.5 Å². The minimum Gasteiger partial charge on any atom is -0.496 e. The molecule has 1 aliphatic heterocycles. The summed E-state index contributed by atoms with van der Waals surface area (Å²) in [6.45, 7) is 5.63. The summed E-state index contributed by atoms with van der Waals surface area (Å²) in [5.41, 5.74) is 1.51. The van der Waals surface area contributed by atoms with Gasteiger partial charge in [-0.3, -0.25) is 48.4 Å². The zero-order valence-electron chi connectivity index (χ0n) is 44.9. The number of nitrogens with one attached hydrogen (secondary N) is 3. The maximum Gasteiger partial charge on any atom is 0.330 e. The summed E-state index contributed by atoms with van der Waals surface area (Å²) in [5.74, 6) is -3.99. The summed E-state index contributed by atoms with van der Waals surface area (Å²) in [6, 6.07) is 12.3. The van der Waals surface area contributed by atoms with Gasteiger partial charge in [0, 0.05) is 64.6 Å². The zero-order valence-corrected chi connectivity index (χ0v) is 44.9. The molecule has 0 unspecified atom stereocenters.